The highest BCUT2D eigenvalue weighted by atomic mass is 16.1. The number of anilines is 1. The first-order valence-electron chi connectivity index (χ1n) is 6.47. The molecule has 0 saturated heterocycles. The van der Waals surface area contributed by atoms with Crippen LogP contribution in [0.3, 0.4) is 0 Å². The third-order valence-electron chi connectivity index (χ3n) is 3.03. The first-order valence-corrected chi connectivity index (χ1v) is 6.47. The van der Waals surface area contributed by atoms with Crippen molar-refractivity contribution in [2.75, 3.05) is 5.32 Å². The van der Waals surface area contributed by atoms with Crippen molar-refractivity contribution in [3.05, 3.63) is 64.1 Å². The van der Waals surface area contributed by atoms with Crippen molar-refractivity contribution < 1.29 is 4.79 Å². The summed E-state index contributed by atoms with van der Waals surface area (Å²) in [4.78, 5) is 25.7. The van der Waals surface area contributed by atoms with Gasteiger partial charge in [0.15, 0.2) is 0 Å². The van der Waals surface area contributed by atoms with Crippen LogP contribution in [-0.2, 0) is 5.41 Å². The summed E-state index contributed by atoms with van der Waals surface area (Å²) in [6.07, 6.45) is 1.41. The summed E-state index contributed by atoms with van der Waals surface area (Å²) in [5, 5.41) is 2.89. The van der Waals surface area contributed by atoms with Gasteiger partial charge in [-0.1, -0.05) is 39.0 Å². The van der Waals surface area contributed by atoms with Crippen LogP contribution in [0, 0.1) is 0 Å². The van der Waals surface area contributed by atoms with E-state index in [1.165, 1.54) is 18.3 Å². The van der Waals surface area contributed by atoms with Crippen LogP contribution in [0.4, 0.5) is 5.69 Å². The van der Waals surface area contributed by atoms with E-state index in [0.717, 1.165) is 11.3 Å². The molecule has 0 aliphatic carbocycles. The number of para-hydroxylation sites is 1. The summed E-state index contributed by atoms with van der Waals surface area (Å²) in [6.45, 7) is 6.29. The van der Waals surface area contributed by atoms with Crippen LogP contribution < -0.4 is 10.9 Å². The molecular formula is C16H18N2O2. The van der Waals surface area contributed by atoms with E-state index >= 15 is 0 Å². The molecule has 1 aromatic carbocycles. The minimum atomic E-state index is -0.238. The van der Waals surface area contributed by atoms with Crippen LogP contribution >= 0.6 is 0 Å². The summed E-state index contributed by atoms with van der Waals surface area (Å²) in [7, 11) is 0. The topological polar surface area (TPSA) is 62.0 Å². The highest BCUT2D eigenvalue weighted by Gasteiger charge is 2.18. The fraction of sp³-hybridized carbons (Fsp3) is 0.250. The molecular weight excluding hydrogens is 252 g/mol. The number of carbonyl (C=O) groups is 1. The summed E-state index contributed by atoms with van der Waals surface area (Å²) >= 11 is 0. The lowest BCUT2D eigenvalue weighted by Crippen LogP contribution is -2.19. The second-order valence-electron chi connectivity index (χ2n) is 5.69. The van der Waals surface area contributed by atoms with E-state index in [4.69, 9.17) is 0 Å². The number of benzene rings is 1. The Morgan fingerprint density at radius 3 is 2.40 bits per heavy atom. The molecule has 0 radical (unpaired) electrons. The van der Waals surface area contributed by atoms with Crippen molar-refractivity contribution in [2.24, 2.45) is 0 Å². The van der Waals surface area contributed by atoms with E-state index in [1.54, 1.807) is 0 Å². The summed E-state index contributed by atoms with van der Waals surface area (Å²) < 4.78 is 0. The summed E-state index contributed by atoms with van der Waals surface area (Å²) in [5.74, 6) is -0.238. The molecule has 0 aliphatic rings. The maximum atomic E-state index is 12.2. The molecule has 0 fully saturated rings. The fourth-order valence-electron chi connectivity index (χ4n) is 1.99. The normalized spacial score (nSPS) is 11.2. The Kier molecular flexibility index (Phi) is 3.74. The van der Waals surface area contributed by atoms with E-state index in [2.05, 4.69) is 31.1 Å². The predicted octanol–water partition coefficient (Wildman–Crippen LogP) is 2.92. The van der Waals surface area contributed by atoms with Gasteiger partial charge in [-0.05, 0) is 23.1 Å². The molecule has 2 rings (SSSR count). The van der Waals surface area contributed by atoms with Crippen LogP contribution in [0.5, 0.6) is 0 Å². The van der Waals surface area contributed by atoms with Crippen molar-refractivity contribution in [1.82, 2.24) is 4.98 Å². The second-order valence-corrected chi connectivity index (χ2v) is 5.69. The third kappa shape index (κ3) is 3.15. The Balaban J connectivity index is 2.29. The number of pyridine rings is 1. The number of H-pyrrole nitrogens is 1. The zero-order valence-corrected chi connectivity index (χ0v) is 11.9. The maximum absolute atomic E-state index is 12.2. The number of amides is 1. The SMILES string of the molecule is CC(C)(C)c1ccccc1NC(=O)c1ccc(=O)[nH]c1. The Morgan fingerprint density at radius 2 is 1.80 bits per heavy atom. The van der Waals surface area contributed by atoms with Crippen LogP contribution in [0.2, 0.25) is 0 Å². The number of aromatic amines is 1. The molecule has 0 atom stereocenters. The molecule has 4 heteroatoms. The lowest BCUT2D eigenvalue weighted by molar-refractivity contribution is 0.102. The van der Waals surface area contributed by atoms with Gasteiger partial charge in [0.2, 0.25) is 5.56 Å². The van der Waals surface area contributed by atoms with Gasteiger partial charge in [0.05, 0.1) is 5.56 Å². The molecule has 1 amide bonds. The van der Waals surface area contributed by atoms with Crippen molar-refractivity contribution in [1.29, 1.82) is 0 Å². The van der Waals surface area contributed by atoms with Gasteiger partial charge in [-0.15, -0.1) is 0 Å². The largest absolute Gasteiger partial charge is 0.328 e. The molecule has 0 aliphatic heterocycles. The van der Waals surface area contributed by atoms with Gasteiger partial charge in [0.1, 0.15) is 0 Å². The lowest BCUT2D eigenvalue weighted by atomic mass is 9.86. The van der Waals surface area contributed by atoms with Gasteiger partial charge in [0.25, 0.3) is 5.91 Å². The molecule has 4 nitrogen and oxygen atoms in total. The zero-order valence-electron chi connectivity index (χ0n) is 11.9. The van der Waals surface area contributed by atoms with Gasteiger partial charge < -0.3 is 10.3 Å². The molecule has 0 saturated carbocycles. The van der Waals surface area contributed by atoms with Gasteiger partial charge in [-0.2, -0.15) is 0 Å². The summed E-state index contributed by atoms with van der Waals surface area (Å²) in [6, 6.07) is 10.6. The maximum Gasteiger partial charge on any atom is 0.257 e. The Labute approximate surface area is 117 Å². The van der Waals surface area contributed by atoms with Crippen LogP contribution in [0.1, 0.15) is 36.7 Å². The molecule has 20 heavy (non-hydrogen) atoms. The van der Waals surface area contributed by atoms with E-state index in [9.17, 15) is 9.59 Å². The average molecular weight is 270 g/mol. The highest BCUT2D eigenvalue weighted by Crippen LogP contribution is 2.29. The first-order chi connectivity index (χ1) is 9.38. The standard InChI is InChI=1S/C16H18N2O2/c1-16(2,3)12-6-4-5-7-13(12)18-15(20)11-8-9-14(19)17-10-11/h4-10H,1-3H3,(H,17,19)(H,18,20). The number of hydrogen-bond acceptors (Lipinski definition) is 2. The van der Waals surface area contributed by atoms with Crippen LogP contribution in [-0.4, -0.2) is 10.9 Å². The first kappa shape index (κ1) is 14.1. The lowest BCUT2D eigenvalue weighted by Gasteiger charge is -2.23. The molecule has 0 bridgehead atoms. The number of hydrogen-bond donors (Lipinski definition) is 2. The molecule has 0 unspecified atom stereocenters. The average Bonchev–Trinajstić information content (AvgIpc) is 2.38. The molecule has 1 heterocycles. The minimum absolute atomic E-state index is 0.0606. The van der Waals surface area contributed by atoms with Crippen LogP contribution in [0.15, 0.2) is 47.4 Å². The molecule has 1 aromatic heterocycles. The fourth-order valence-corrected chi connectivity index (χ4v) is 1.99. The molecule has 0 spiro atoms. The molecule has 2 aromatic rings. The van der Waals surface area contributed by atoms with E-state index < -0.39 is 0 Å². The van der Waals surface area contributed by atoms with E-state index in [0.29, 0.717) is 5.56 Å². The Hall–Kier alpha value is -2.36. The smallest absolute Gasteiger partial charge is 0.257 e. The number of nitrogens with one attached hydrogen (secondary N) is 2. The van der Waals surface area contributed by atoms with Crippen LogP contribution in [0.25, 0.3) is 0 Å². The molecule has 2 N–H and O–H groups in total. The monoisotopic (exact) mass is 270 g/mol. The summed E-state index contributed by atoms with van der Waals surface area (Å²) in [5.41, 5.74) is 1.99. The second kappa shape index (κ2) is 5.33. The van der Waals surface area contributed by atoms with Crippen molar-refractivity contribution in [3.8, 4) is 0 Å². The zero-order chi connectivity index (χ0) is 14.8. The van der Waals surface area contributed by atoms with Gasteiger partial charge in [0, 0.05) is 18.0 Å². The van der Waals surface area contributed by atoms with Gasteiger partial charge in [-0.3, -0.25) is 9.59 Å². The quantitative estimate of drug-likeness (QED) is 0.881. The number of carbonyl (C=O) groups excluding carboxylic acids is 1. The van der Waals surface area contributed by atoms with E-state index in [-0.39, 0.29) is 16.9 Å². The third-order valence-corrected chi connectivity index (χ3v) is 3.03. The van der Waals surface area contributed by atoms with Crippen molar-refractivity contribution in [3.63, 3.8) is 0 Å². The van der Waals surface area contributed by atoms with Gasteiger partial charge in [-0.25, -0.2) is 0 Å². The van der Waals surface area contributed by atoms with E-state index in [1.807, 2.05) is 24.3 Å². The molecule has 104 valence electrons. The van der Waals surface area contributed by atoms with Crippen molar-refractivity contribution >= 4 is 11.6 Å². The minimum Gasteiger partial charge on any atom is -0.328 e. The number of aromatic nitrogens is 1. The van der Waals surface area contributed by atoms with Crippen molar-refractivity contribution in [2.45, 2.75) is 26.2 Å². The number of rotatable bonds is 2. The van der Waals surface area contributed by atoms with Gasteiger partial charge >= 0.3 is 0 Å². The highest BCUT2D eigenvalue weighted by molar-refractivity contribution is 6.04. The Morgan fingerprint density at radius 1 is 1.10 bits per heavy atom. The predicted molar refractivity (Wildman–Crippen MR) is 80.2 cm³/mol. The Bertz CT molecular complexity index is 661.